The molecular weight excluding hydrogens is 392 g/mol. The molecule has 3 aromatic rings. The SMILES string of the molecule is COc1ccc(OC)c2sc(N(CC3CCCO3)C(=O)c3cc(C)oc3C)nc12. The Labute approximate surface area is 173 Å². The lowest BCUT2D eigenvalue weighted by molar-refractivity contribution is 0.0916. The van der Waals surface area contributed by atoms with Gasteiger partial charge in [-0.15, -0.1) is 0 Å². The van der Waals surface area contributed by atoms with Gasteiger partial charge in [-0.25, -0.2) is 4.98 Å². The van der Waals surface area contributed by atoms with Crippen LogP contribution in [0, 0.1) is 13.8 Å². The number of carbonyl (C=O) groups is 1. The molecule has 1 unspecified atom stereocenters. The van der Waals surface area contributed by atoms with E-state index in [1.165, 1.54) is 11.3 Å². The van der Waals surface area contributed by atoms with Gasteiger partial charge >= 0.3 is 0 Å². The predicted octanol–water partition coefficient (Wildman–Crippen LogP) is 4.35. The first-order valence-corrected chi connectivity index (χ1v) is 10.4. The van der Waals surface area contributed by atoms with Gasteiger partial charge in [0.05, 0.1) is 32.4 Å². The molecule has 8 heteroatoms. The molecular formula is C21H24N2O5S. The number of thiazole rings is 1. The molecule has 0 N–H and O–H groups in total. The fourth-order valence-corrected chi connectivity index (χ4v) is 4.70. The fraction of sp³-hybridized carbons (Fsp3) is 0.429. The summed E-state index contributed by atoms with van der Waals surface area (Å²) in [7, 11) is 3.22. The Morgan fingerprint density at radius 2 is 2.03 bits per heavy atom. The molecule has 7 nitrogen and oxygen atoms in total. The smallest absolute Gasteiger partial charge is 0.263 e. The lowest BCUT2D eigenvalue weighted by atomic mass is 10.2. The number of ether oxygens (including phenoxy) is 3. The highest BCUT2D eigenvalue weighted by Gasteiger charge is 2.29. The quantitative estimate of drug-likeness (QED) is 0.595. The van der Waals surface area contributed by atoms with E-state index in [2.05, 4.69) is 0 Å². The van der Waals surface area contributed by atoms with Gasteiger partial charge in [0.2, 0.25) is 0 Å². The van der Waals surface area contributed by atoms with Gasteiger partial charge < -0.3 is 18.6 Å². The lowest BCUT2D eigenvalue weighted by Crippen LogP contribution is -2.37. The van der Waals surface area contributed by atoms with E-state index in [1.807, 2.05) is 19.1 Å². The zero-order valence-electron chi connectivity index (χ0n) is 17.0. The number of carbonyl (C=O) groups excluding carboxylic acids is 1. The summed E-state index contributed by atoms with van der Waals surface area (Å²) >= 11 is 1.41. The maximum Gasteiger partial charge on any atom is 0.263 e. The number of amides is 1. The second-order valence-electron chi connectivity index (χ2n) is 7.02. The first-order valence-electron chi connectivity index (χ1n) is 9.53. The molecule has 1 aliphatic heterocycles. The van der Waals surface area contributed by atoms with Gasteiger partial charge in [0.25, 0.3) is 5.91 Å². The molecule has 0 spiro atoms. The summed E-state index contributed by atoms with van der Waals surface area (Å²) < 4.78 is 23.2. The van der Waals surface area contributed by atoms with E-state index in [1.54, 1.807) is 32.1 Å². The van der Waals surface area contributed by atoms with Crippen molar-refractivity contribution in [3.8, 4) is 11.5 Å². The maximum absolute atomic E-state index is 13.5. The molecule has 29 heavy (non-hydrogen) atoms. The van der Waals surface area contributed by atoms with Gasteiger partial charge in [0.1, 0.15) is 33.2 Å². The molecule has 1 fully saturated rings. The van der Waals surface area contributed by atoms with Crippen molar-refractivity contribution in [3.05, 3.63) is 35.3 Å². The number of hydrogen-bond acceptors (Lipinski definition) is 7. The summed E-state index contributed by atoms with van der Waals surface area (Å²) in [6, 6.07) is 5.44. The molecule has 4 rings (SSSR count). The highest BCUT2D eigenvalue weighted by Crippen LogP contribution is 2.40. The average Bonchev–Trinajstić information content (AvgIpc) is 3.44. The van der Waals surface area contributed by atoms with Crippen LogP contribution in [0.1, 0.15) is 34.7 Å². The summed E-state index contributed by atoms with van der Waals surface area (Å²) in [5, 5.41) is 0.585. The molecule has 154 valence electrons. The molecule has 1 aromatic carbocycles. The Bertz CT molecular complexity index is 994. The third kappa shape index (κ3) is 3.70. The summed E-state index contributed by atoms with van der Waals surface area (Å²) in [5.74, 6) is 2.50. The molecule has 1 atom stereocenters. The van der Waals surface area contributed by atoms with Crippen LogP contribution >= 0.6 is 11.3 Å². The lowest BCUT2D eigenvalue weighted by Gasteiger charge is -2.22. The van der Waals surface area contributed by atoms with E-state index >= 15 is 0 Å². The molecule has 0 radical (unpaired) electrons. The van der Waals surface area contributed by atoms with Crippen LogP contribution in [0.25, 0.3) is 10.2 Å². The summed E-state index contributed by atoms with van der Waals surface area (Å²) in [5.41, 5.74) is 1.22. The normalized spacial score (nSPS) is 16.3. The number of furan rings is 1. The number of methoxy groups -OCH3 is 2. The monoisotopic (exact) mass is 416 g/mol. The number of rotatable bonds is 6. The standard InChI is InChI=1S/C21H24N2O5S/c1-12-10-15(13(2)28-12)20(24)23(11-14-6-5-9-27-14)21-22-18-16(25-3)7-8-17(26-4)19(18)29-21/h7-8,10,14H,5-6,9,11H2,1-4H3. The second kappa shape index (κ2) is 8.04. The van der Waals surface area contributed by atoms with E-state index in [-0.39, 0.29) is 12.0 Å². The minimum absolute atomic E-state index is 0.0111. The van der Waals surface area contributed by atoms with Gasteiger partial charge in [-0.1, -0.05) is 11.3 Å². The van der Waals surface area contributed by atoms with Crippen molar-refractivity contribution in [1.29, 1.82) is 0 Å². The minimum atomic E-state index is -0.146. The third-order valence-electron chi connectivity index (χ3n) is 5.06. The fourth-order valence-electron chi connectivity index (χ4n) is 3.62. The van der Waals surface area contributed by atoms with Crippen molar-refractivity contribution in [1.82, 2.24) is 4.98 Å². The first-order chi connectivity index (χ1) is 14.0. The summed E-state index contributed by atoms with van der Waals surface area (Å²) in [6.45, 7) is 4.79. The predicted molar refractivity (Wildman–Crippen MR) is 112 cm³/mol. The van der Waals surface area contributed by atoms with Crippen LogP contribution in [0.4, 0.5) is 5.13 Å². The average molecular weight is 416 g/mol. The Hall–Kier alpha value is -2.58. The molecule has 2 aromatic heterocycles. The first kappa shape index (κ1) is 19.7. The zero-order valence-corrected chi connectivity index (χ0v) is 17.8. The van der Waals surface area contributed by atoms with Crippen LogP contribution in [-0.2, 0) is 4.74 Å². The molecule has 1 aliphatic rings. The molecule has 0 aliphatic carbocycles. The van der Waals surface area contributed by atoms with Crippen molar-refractivity contribution in [3.63, 3.8) is 0 Å². The molecule has 3 heterocycles. The summed E-state index contributed by atoms with van der Waals surface area (Å²) in [6.07, 6.45) is 1.91. The van der Waals surface area contributed by atoms with E-state index in [4.69, 9.17) is 23.6 Å². The van der Waals surface area contributed by atoms with Gasteiger partial charge in [0.15, 0.2) is 5.13 Å². The van der Waals surface area contributed by atoms with Crippen LogP contribution in [0.3, 0.4) is 0 Å². The van der Waals surface area contributed by atoms with Crippen LogP contribution in [0.2, 0.25) is 0 Å². The highest BCUT2D eigenvalue weighted by molar-refractivity contribution is 7.22. The number of anilines is 1. The van der Waals surface area contributed by atoms with E-state index in [0.717, 1.165) is 24.1 Å². The largest absolute Gasteiger partial charge is 0.495 e. The second-order valence-corrected chi connectivity index (χ2v) is 8.00. The number of hydrogen-bond donors (Lipinski definition) is 0. The zero-order chi connectivity index (χ0) is 20.5. The maximum atomic E-state index is 13.5. The Morgan fingerprint density at radius 3 is 2.66 bits per heavy atom. The van der Waals surface area contributed by atoms with Gasteiger partial charge in [0, 0.05) is 6.61 Å². The molecule has 1 saturated heterocycles. The van der Waals surface area contributed by atoms with E-state index in [0.29, 0.717) is 45.8 Å². The number of benzene rings is 1. The number of aryl methyl sites for hydroxylation is 2. The molecule has 0 bridgehead atoms. The number of fused-ring (bicyclic) bond motifs is 1. The van der Waals surface area contributed by atoms with Crippen molar-refractivity contribution in [2.24, 2.45) is 0 Å². The van der Waals surface area contributed by atoms with E-state index < -0.39 is 0 Å². The van der Waals surface area contributed by atoms with Crippen molar-refractivity contribution in [2.75, 3.05) is 32.3 Å². The van der Waals surface area contributed by atoms with Gasteiger partial charge in [-0.05, 0) is 44.9 Å². The van der Waals surface area contributed by atoms with Gasteiger partial charge in [-0.2, -0.15) is 0 Å². The van der Waals surface area contributed by atoms with Crippen molar-refractivity contribution in [2.45, 2.75) is 32.8 Å². The topological polar surface area (TPSA) is 74.0 Å². The van der Waals surface area contributed by atoms with Crippen molar-refractivity contribution < 1.29 is 23.4 Å². The van der Waals surface area contributed by atoms with Crippen LogP contribution in [0.5, 0.6) is 11.5 Å². The van der Waals surface area contributed by atoms with Crippen LogP contribution in [0.15, 0.2) is 22.6 Å². The summed E-state index contributed by atoms with van der Waals surface area (Å²) in [4.78, 5) is 19.9. The highest BCUT2D eigenvalue weighted by atomic mass is 32.1. The Kier molecular flexibility index (Phi) is 5.47. The van der Waals surface area contributed by atoms with Crippen molar-refractivity contribution >= 4 is 32.6 Å². The Morgan fingerprint density at radius 1 is 1.28 bits per heavy atom. The molecule has 0 saturated carbocycles. The number of nitrogens with zero attached hydrogens (tertiary/aromatic N) is 2. The minimum Gasteiger partial charge on any atom is -0.495 e. The van der Waals surface area contributed by atoms with Crippen LogP contribution in [-0.4, -0.2) is 44.4 Å². The number of aromatic nitrogens is 1. The van der Waals surface area contributed by atoms with E-state index in [9.17, 15) is 4.79 Å². The Balaban J connectivity index is 1.80. The van der Waals surface area contributed by atoms with Gasteiger partial charge in [-0.3, -0.25) is 9.69 Å². The van der Waals surface area contributed by atoms with Crippen LogP contribution < -0.4 is 14.4 Å². The molecule has 1 amide bonds. The third-order valence-corrected chi connectivity index (χ3v) is 6.15.